The molecule has 0 aromatic rings. The molecule has 1 rings (SSSR count). The van der Waals surface area contributed by atoms with Gasteiger partial charge < -0.3 is 13.2 Å². The highest BCUT2D eigenvalue weighted by Gasteiger charge is 1.97. The van der Waals surface area contributed by atoms with Gasteiger partial charge >= 0.3 is 0 Å². The molecule has 1 aliphatic rings. The Morgan fingerprint density at radius 2 is 2.42 bits per heavy atom. The molecule has 1 heterocycles. The minimum absolute atomic E-state index is 0.571. The predicted molar refractivity (Wildman–Crippen MR) is 62.0 cm³/mol. The molecule has 0 fully saturated rings. The Labute approximate surface area is 89.9 Å². The van der Waals surface area contributed by atoms with Crippen molar-refractivity contribution in [2.45, 2.75) is 6.92 Å². The third-order valence-electron chi connectivity index (χ3n) is 1.11. The van der Waals surface area contributed by atoms with Gasteiger partial charge in [0.25, 0.3) is 0 Å². The number of halogens is 2. The smallest absolute Gasteiger partial charge is 0.126 e. The van der Waals surface area contributed by atoms with E-state index in [0.29, 0.717) is 11.2 Å². The first-order valence-corrected chi connectivity index (χ1v) is 6.39. The van der Waals surface area contributed by atoms with Crippen molar-refractivity contribution in [1.29, 1.82) is 0 Å². The van der Waals surface area contributed by atoms with Crippen LogP contribution in [0.1, 0.15) is 6.92 Å². The molecule has 68 valence electrons. The molecule has 0 amide bonds. The van der Waals surface area contributed by atoms with E-state index in [1.54, 1.807) is 12.2 Å². The Kier molecular flexibility index (Phi) is 4.24. The van der Waals surface area contributed by atoms with Crippen LogP contribution in [0.5, 0.6) is 0 Å². The van der Waals surface area contributed by atoms with E-state index >= 15 is 0 Å². The first kappa shape index (κ1) is 10.2. The van der Waals surface area contributed by atoms with Gasteiger partial charge in [-0.2, -0.15) is 0 Å². The van der Waals surface area contributed by atoms with Crippen LogP contribution in [-0.2, 0) is 4.74 Å². The molecular weight excluding hydrogens is 337 g/mol. The summed E-state index contributed by atoms with van der Waals surface area (Å²) in [6.45, 7) is 2.56. The van der Waals surface area contributed by atoms with Crippen molar-refractivity contribution in [2.24, 2.45) is 0 Å². The van der Waals surface area contributed by atoms with Crippen LogP contribution in [0.2, 0.25) is 0 Å². The van der Waals surface area contributed by atoms with E-state index in [-0.39, 0.29) is 0 Å². The third-order valence-corrected chi connectivity index (χ3v) is 4.28. The van der Waals surface area contributed by atoms with Crippen LogP contribution in [-0.4, -0.2) is 13.9 Å². The van der Waals surface area contributed by atoms with E-state index in [1.165, 1.54) is 0 Å². The molecule has 3 nitrogen and oxygen atoms in total. The van der Waals surface area contributed by atoms with Gasteiger partial charge in [0.1, 0.15) is 5.76 Å². The van der Waals surface area contributed by atoms with Crippen molar-refractivity contribution in [3.63, 3.8) is 0 Å². The van der Waals surface area contributed by atoms with E-state index in [4.69, 9.17) is 4.74 Å². The second-order valence-electron chi connectivity index (χ2n) is 1.94. The quantitative estimate of drug-likeness (QED) is 0.439. The minimum atomic E-state index is -0.624. The lowest BCUT2D eigenvalue weighted by molar-refractivity contribution is 0.252. The predicted octanol–water partition coefficient (Wildman–Crippen LogP) is 2.64. The maximum atomic E-state index is 11.1. The maximum Gasteiger partial charge on any atom is 0.126 e. The molecule has 0 saturated heterocycles. The molecule has 0 spiro atoms. The molecule has 0 aromatic carbocycles. The summed E-state index contributed by atoms with van der Waals surface area (Å²) in [7, 11) is 0. The van der Waals surface area contributed by atoms with Crippen LogP contribution >= 0.6 is 36.9 Å². The van der Waals surface area contributed by atoms with Crippen LogP contribution < -0.4 is 0 Å². The molecular formula is C7H8BrINO2-. The van der Waals surface area contributed by atoms with Gasteiger partial charge in [0, 0.05) is 4.01 Å². The topological polar surface area (TPSA) is 35.5 Å². The lowest BCUT2D eigenvalue weighted by atomic mass is 10.4. The van der Waals surface area contributed by atoms with Crippen LogP contribution in [0.25, 0.3) is 0 Å². The molecule has 0 bridgehead atoms. The van der Waals surface area contributed by atoms with Gasteiger partial charge in [0.2, 0.25) is 0 Å². The standard InChI is InChI=1S/C7H8BrINO2/c1-2-12-6-3-4-7(8)10(11)9-5-6/h3-5H,2H2,1H3/q-1. The second-order valence-corrected chi connectivity index (χ2v) is 4.81. The number of nitrogens with zero attached hydrogens (tertiary/aromatic N) is 1. The largest absolute Gasteiger partial charge is 0.749 e. The summed E-state index contributed by atoms with van der Waals surface area (Å²) in [5, 5.41) is 11.1. The number of hydrogen-bond donors (Lipinski definition) is 0. The lowest BCUT2D eigenvalue weighted by Gasteiger charge is -2.22. The fourth-order valence-corrected chi connectivity index (χ4v) is 2.62. The zero-order chi connectivity index (χ0) is 8.97. The average molecular weight is 345 g/mol. The number of allylic oxidation sites excluding steroid dienone is 3. The number of ether oxygens (including phenoxy) is 1. The Balaban J connectivity index is 2.74. The normalized spacial score (nSPS) is 17.4. The third kappa shape index (κ3) is 2.87. The van der Waals surface area contributed by atoms with Crippen LogP contribution in [0.15, 0.2) is 22.5 Å². The van der Waals surface area contributed by atoms with Gasteiger partial charge in [-0.15, -0.1) is 0 Å². The summed E-state index contributed by atoms with van der Waals surface area (Å²) in [4.78, 5) is 0. The second kappa shape index (κ2) is 4.98. The summed E-state index contributed by atoms with van der Waals surface area (Å²) in [5.41, 5.74) is 0. The monoisotopic (exact) mass is 344 g/mol. The van der Waals surface area contributed by atoms with E-state index in [0.717, 1.165) is 9.04 Å². The van der Waals surface area contributed by atoms with Gasteiger partial charge in [-0.25, -0.2) is 0 Å². The maximum absolute atomic E-state index is 11.1. The molecule has 0 atom stereocenters. The average Bonchev–Trinajstić information content (AvgIpc) is 2.20. The molecule has 0 radical (unpaired) electrons. The van der Waals surface area contributed by atoms with Crippen molar-refractivity contribution in [3.05, 3.63) is 27.7 Å². The highest BCUT2D eigenvalue weighted by Crippen LogP contribution is 2.23. The van der Waals surface area contributed by atoms with Crippen LogP contribution in [0, 0.1) is 5.21 Å². The van der Waals surface area contributed by atoms with Crippen molar-refractivity contribution < 1.29 is 4.74 Å². The molecule has 0 unspecified atom stereocenters. The van der Waals surface area contributed by atoms with Gasteiger partial charge in [-0.3, -0.25) is 0 Å². The van der Waals surface area contributed by atoms with Crippen LogP contribution in [0.3, 0.4) is 0 Å². The number of rotatable bonds is 2. The van der Waals surface area contributed by atoms with Gasteiger partial charge in [-0.05, 0) is 56.0 Å². The number of hydrogen-bond acceptors (Lipinski definition) is 3. The van der Waals surface area contributed by atoms with E-state index in [9.17, 15) is 5.21 Å². The van der Waals surface area contributed by atoms with Crippen molar-refractivity contribution >= 4 is 40.9 Å². The van der Waals surface area contributed by atoms with E-state index in [1.807, 2.05) is 10.9 Å². The number of hydroxylamine groups is 1. The summed E-state index contributed by atoms with van der Waals surface area (Å²) < 4.78 is 8.65. The van der Waals surface area contributed by atoms with E-state index < -0.39 is 21.0 Å². The summed E-state index contributed by atoms with van der Waals surface area (Å²) in [6, 6.07) is 0. The van der Waals surface area contributed by atoms with Gasteiger partial charge in [0.05, 0.1) is 11.2 Å². The Bertz CT molecular complexity index is 250. The molecule has 0 saturated carbocycles. The fraction of sp³-hybridized carbons (Fsp3) is 0.286. The Morgan fingerprint density at radius 1 is 1.67 bits per heavy atom. The molecule has 12 heavy (non-hydrogen) atoms. The van der Waals surface area contributed by atoms with E-state index in [2.05, 4.69) is 15.9 Å². The fourth-order valence-electron chi connectivity index (χ4n) is 0.631. The van der Waals surface area contributed by atoms with Gasteiger partial charge in [0.15, 0.2) is 0 Å². The lowest BCUT2D eigenvalue weighted by Crippen LogP contribution is -1.94. The molecule has 5 heteroatoms. The zero-order valence-corrected chi connectivity index (χ0v) is 10.2. The summed E-state index contributed by atoms with van der Waals surface area (Å²) in [5.74, 6) is 0.792. The summed E-state index contributed by atoms with van der Waals surface area (Å²) in [6.07, 6.45) is 3.51. The molecule has 0 aromatic heterocycles. The minimum Gasteiger partial charge on any atom is -0.749 e. The molecule has 0 N–H and O–H groups in total. The first-order chi connectivity index (χ1) is 5.74. The highest BCUT2D eigenvalue weighted by atomic mass is 127. The van der Waals surface area contributed by atoms with Crippen molar-refractivity contribution in [1.82, 2.24) is 3.28 Å². The Morgan fingerprint density at radius 3 is 3.08 bits per heavy atom. The van der Waals surface area contributed by atoms with Crippen molar-refractivity contribution in [3.8, 4) is 0 Å². The highest BCUT2D eigenvalue weighted by molar-refractivity contribution is 14.2. The zero-order valence-electron chi connectivity index (χ0n) is 6.46. The summed E-state index contributed by atoms with van der Waals surface area (Å²) >= 11 is 2.54. The SMILES string of the molecule is CCOC1=CC=C(Br)N([O-])I=C1. The van der Waals surface area contributed by atoms with Gasteiger partial charge in [-0.1, -0.05) is 0 Å². The molecule has 1 aliphatic heterocycles. The van der Waals surface area contributed by atoms with Crippen LogP contribution in [0.4, 0.5) is 0 Å². The molecule has 0 aliphatic carbocycles. The Hall–Kier alpha value is 0.120. The van der Waals surface area contributed by atoms with Crippen molar-refractivity contribution in [2.75, 3.05) is 6.61 Å². The first-order valence-electron chi connectivity index (χ1n) is 3.38.